The molecule has 0 radical (unpaired) electrons. The van der Waals surface area contributed by atoms with Gasteiger partial charge in [-0.1, -0.05) is 0 Å². The molecule has 7 heteroatoms. The molecule has 4 nitrogen and oxygen atoms in total. The number of halogens is 2. The Balaban J connectivity index is 2.58. The number of fused-ring (bicyclic) bond motifs is 1. The number of hydrogen-bond donors (Lipinski definition) is 0. The fraction of sp³-hybridized carbons (Fsp3) is 0.200. The zero-order valence-electron chi connectivity index (χ0n) is 8.81. The maximum Gasteiger partial charge on any atom is 0.356 e. The third-order valence-electron chi connectivity index (χ3n) is 2.11. The number of rotatable bonds is 3. The summed E-state index contributed by atoms with van der Waals surface area (Å²) in [5.41, 5.74) is 0.246. The molecule has 0 aliphatic rings. The standard InChI is InChI=1S/C10H8ClFN2O2S/c1-2-16-10(15)8-4-13-9-7(12)3-6(17-11)5-14(8)9/h3-5H,2H2,1H3. The molecule has 0 saturated carbocycles. The van der Waals surface area contributed by atoms with E-state index in [0.29, 0.717) is 4.90 Å². The Labute approximate surface area is 105 Å². The number of carbonyl (C=O) groups is 1. The molecule has 0 atom stereocenters. The molecule has 0 fully saturated rings. The summed E-state index contributed by atoms with van der Waals surface area (Å²) in [5, 5.41) is 0. The van der Waals surface area contributed by atoms with Crippen molar-refractivity contribution in [2.45, 2.75) is 11.8 Å². The molecule has 2 rings (SSSR count). The smallest absolute Gasteiger partial charge is 0.356 e. The van der Waals surface area contributed by atoms with E-state index in [1.165, 1.54) is 22.9 Å². The van der Waals surface area contributed by atoms with Crippen molar-refractivity contribution < 1.29 is 13.9 Å². The minimum Gasteiger partial charge on any atom is -0.461 e. The summed E-state index contributed by atoms with van der Waals surface area (Å²) in [6, 6.07) is 1.26. The van der Waals surface area contributed by atoms with Crippen molar-refractivity contribution in [3.8, 4) is 0 Å². The Morgan fingerprint density at radius 1 is 1.71 bits per heavy atom. The molecule has 0 bridgehead atoms. The fourth-order valence-corrected chi connectivity index (χ4v) is 1.97. The lowest BCUT2D eigenvalue weighted by molar-refractivity contribution is 0.0518. The van der Waals surface area contributed by atoms with Crippen LogP contribution in [0, 0.1) is 5.82 Å². The van der Waals surface area contributed by atoms with Gasteiger partial charge in [-0.15, -0.1) is 0 Å². The van der Waals surface area contributed by atoms with E-state index in [2.05, 4.69) is 4.98 Å². The first-order valence-electron chi connectivity index (χ1n) is 4.79. The average Bonchev–Trinajstić information content (AvgIpc) is 2.73. The third kappa shape index (κ3) is 2.23. The van der Waals surface area contributed by atoms with Gasteiger partial charge in [-0.25, -0.2) is 14.2 Å². The zero-order valence-corrected chi connectivity index (χ0v) is 10.4. The quantitative estimate of drug-likeness (QED) is 0.807. The summed E-state index contributed by atoms with van der Waals surface area (Å²) in [4.78, 5) is 15.9. The fourth-order valence-electron chi connectivity index (χ4n) is 1.42. The first-order valence-corrected chi connectivity index (χ1v) is 6.44. The molecule has 0 aliphatic carbocycles. The average molecular weight is 275 g/mol. The molecule has 0 aromatic carbocycles. The van der Waals surface area contributed by atoms with Crippen LogP contribution in [0.2, 0.25) is 0 Å². The molecule has 2 aromatic rings. The van der Waals surface area contributed by atoms with Crippen molar-refractivity contribution in [3.05, 3.63) is 30.0 Å². The Hall–Kier alpha value is -1.27. The Morgan fingerprint density at radius 2 is 2.47 bits per heavy atom. The maximum absolute atomic E-state index is 13.6. The van der Waals surface area contributed by atoms with Gasteiger partial charge < -0.3 is 4.74 Å². The van der Waals surface area contributed by atoms with Gasteiger partial charge in [-0.05, 0) is 34.6 Å². The van der Waals surface area contributed by atoms with Crippen molar-refractivity contribution in [3.63, 3.8) is 0 Å². The van der Waals surface area contributed by atoms with Crippen LogP contribution in [0.25, 0.3) is 5.65 Å². The predicted molar refractivity (Wildman–Crippen MR) is 62.8 cm³/mol. The third-order valence-corrected chi connectivity index (χ3v) is 3.05. The largest absolute Gasteiger partial charge is 0.461 e. The molecule has 2 heterocycles. The van der Waals surface area contributed by atoms with Crippen LogP contribution in [-0.4, -0.2) is 22.0 Å². The molecule has 90 valence electrons. The van der Waals surface area contributed by atoms with Crippen molar-refractivity contribution in [1.82, 2.24) is 9.38 Å². The summed E-state index contributed by atoms with van der Waals surface area (Å²) in [6.45, 7) is 1.94. The predicted octanol–water partition coefficient (Wildman–Crippen LogP) is 2.90. The lowest BCUT2D eigenvalue weighted by Crippen LogP contribution is -2.08. The SMILES string of the molecule is CCOC(=O)c1cnc2c(F)cc(SCl)cn12. The first kappa shape index (κ1) is 12.2. The van der Waals surface area contributed by atoms with E-state index in [9.17, 15) is 9.18 Å². The number of aromatic nitrogens is 2. The number of imidazole rings is 1. The van der Waals surface area contributed by atoms with Gasteiger partial charge in [0.1, 0.15) is 0 Å². The highest BCUT2D eigenvalue weighted by Gasteiger charge is 2.16. The second kappa shape index (κ2) is 4.93. The Morgan fingerprint density at radius 3 is 3.12 bits per heavy atom. The van der Waals surface area contributed by atoms with Crippen LogP contribution in [0.4, 0.5) is 4.39 Å². The van der Waals surface area contributed by atoms with Crippen LogP contribution in [0.3, 0.4) is 0 Å². The monoisotopic (exact) mass is 274 g/mol. The Kier molecular flexibility index (Phi) is 3.54. The van der Waals surface area contributed by atoms with E-state index in [1.807, 2.05) is 0 Å². The van der Waals surface area contributed by atoms with Crippen molar-refractivity contribution in [2.75, 3.05) is 6.61 Å². The highest BCUT2D eigenvalue weighted by molar-refractivity contribution is 8.21. The molecule has 0 unspecified atom stereocenters. The van der Waals surface area contributed by atoms with Crippen LogP contribution in [-0.2, 0) is 4.74 Å². The number of esters is 1. The van der Waals surface area contributed by atoms with E-state index in [0.717, 1.165) is 11.0 Å². The van der Waals surface area contributed by atoms with E-state index >= 15 is 0 Å². The molecule has 0 amide bonds. The molecule has 2 aromatic heterocycles. The molecule has 0 saturated heterocycles. The summed E-state index contributed by atoms with van der Waals surface area (Å²) in [6.07, 6.45) is 2.81. The summed E-state index contributed by atoms with van der Waals surface area (Å²) < 4.78 is 19.8. The normalized spacial score (nSPS) is 10.8. The van der Waals surface area contributed by atoms with E-state index in [-0.39, 0.29) is 17.9 Å². The topological polar surface area (TPSA) is 43.6 Å². The number of nitrogens with zero attached hydrogens (tertiary/aromatic N) is 2. The second-order valence-corrected chi connectivity index (χ2v) is 4.25. The van der Waals surface area contributed by atoms with Crippen LogP contribution in [0.5, 0.6) is 0 Å². The van der Waals surface area contributed by atoms with Gasteiger partial charge >= 0.3 is 5.97 Å². The summed E-state index contributed by atoms with van der Waals surface area (Å²) in [7, 11) is 6.43. The van der Waals surface area contributed by atoms with Crippen LogP contribution in [0.15, 0.2) is 23.4 Å². The zero-order chi connectivity index (χ0) is 12.4. The first-order chi connectivity index (χ1) is 8.17. The lowest BCUT2D eigenvalue weighted by Gasteiger charge is -2.03. The number of carbonyl (C=O) groups excluding carboxylic acids is 1. The molecular formula is C10H8ClFN2O2S. The summed E-state index contributed by atoms with van der Waals surface area (Å²) in [5.74, 6) is -1.08. The summed E-state index contributed by atoms with van der Waals surface area (Å²) >= 11 is 0. The van der Waals surface area contributed by atoms with Gasteiger partial charge in [0.2, 0.25) is 0 Å². The number of ether oxygens (including phenoxy) is 1. The van der Waals surface area contributed by atoms with Crippen LogP contribution >= 0.6 is 21.7 Å². The molecule has 0 aliphatic heterocycles. The van der Waals surface area contributed by atoms with E-state index in [4.69, 9.17) is 15.4 Å². The Bertz CT molecular complexity index is 573. The van der Waals surface area contributed by atoms with Gasteiger partial charge in [0, 0.05) is 11.1 Å². The number of pyridine rings is 1. The van der Waals surface area contributed by atoms with Crippen molar-refractivity contribution in [2.24, 2.45) is 0 Å². The van der Waals surface area contributed by atoms with Crippen molar-refractivity contribution >= 4 is 33.3 Å². The lowest BCUT2D eigenvalue weighted by atomic mass is 10.4. The van der Waals surface area contributed by atoms with Crippen molar-refractivity contribution in [1.29, 1.82) is 0 Å². The maximum atomic E-state index is 13.6. The molecule has 0 N–H and O–H groups in total. The minimum absolute atomic E-state index is 0.0718. The van der Waals surface area contributed by atoms with Gasteiger partial charge in [-0.2, -0.15) is 0 Å². The highest BCUT2D eigenvalue weighted by atomic mass is 35.7. The van der Waals surface area contributed by atoms with E-state index < -0.39 is 11.8 Å². The van der Waals surface area contributed by atoms with E-state index in [1.54, 1.807) is 6.92 Å². The molecule has 0 spiro atoms. The van der Waals surface area contributed by atoms with Gasteiger partial charge in [0.15, 0.2) is 17.2 Å². The number of hydrogen-bond acceptors (Lipinski definition) is 4. The van der Waals surface area contributed by atoms with Gasteiger partial charge in [-0.3, -0.25) is 4.40 Å². The minimum atomic E-state index is -0.545. The highest BCUT2D eigenvalue weighted by Crippen LogP contribution is 2.24. The second-order valence-electron chi connectivity index (χ2n) is 3.16. The molecular weight excluding hydrogens is 267 g/mol. The van der Waals surface area contributed by atoms with Crippen LogP contribution in [0.1, 0.15) is 17.4 Å². The van der Waals surface area contributed by atoms with Gasteiger partial charge in [0.05, 0.1) is 12.8 Å². The van der Waals surface area contributed by atoms with Gasteiger partial charge in [0.25, 0.3) is 0 Å². The van der Waals surface area contributed by atoms with Crippen LogP contribution < -0.4 is 0 Å². The molecule has 17 heavy (non-hydrogen) atoms.